The molecule has 5 heteroatoms. The van der Waals surface area contributed by atoms with Crippen molar-refractivity contribution in [1.82, 2.24) is 10.2 Å². The SMILES string of the molecule is CN(C)C(CNC(=O)C1C2CCC(C2)C1N)c1ccc(F)cc1. The van der Waals surface area contributed by atoms with Crippen LogP contribution in [0.2, 0.25) is 0 Å². The molecule has 0 spiro atoms. The maximum Gasteiger partial charge on any atom is 0.225 e. The molecule has 3 N–H and O–H groups in total. The minimum Gasteiger partial charge on any atom is -0.354 e. The van der Waals surface area contributed by atoms with Gasteiger partial charge in [-0.15, -0.1) is 0 Å². The maximum atomic E-state index is 13.1. The fourth-order valence-electron chi connectivity index (χ4n) is 4.32. The van der Waals surface area contributed by atoms with Gasteiger partial charge in [-0.2, -0.15) is 0 Å². The Hall–Kier alpha value is -1.46. The van der Waals surface area contributed by atoms with Crippen LogP contribution in [0.1, 0.15) is 30.9 Å². The van der Waals surface area contributed by atoms with Crippen LogP contribution in [-0.4, -0.2) is 37.5 Å². The van der Waals surface area contributed by atoms with E-state index in [0.29, 0.717) is 18.4 Å². The Morgan fingerprint density at radius 1 is 1.30 bits per heavy atom. The van der Waals surface area contributed by atoms with Crippen molar-refractivity contribution in [2.75, 3.05) is 20.6 Å². The van der Waals surface area contributed by atoms with E-state index < -0.39 is 0 Å². The lowest BCUT2D eigenvalue weighted by atomic mass is 9.84. The van der Waals surface area contributed by atoms with Gasteiger partial charge in [0, 0.05) is 12.6 Å². The summed E-state index contributed by atoms with van der Waals surface area (Å²) >= 11 is 0. The second-order valence-corrected chi connectivity index (χ2v) is 7.21. The van der Waals surface area contributed by atoms with Gasteiger partial charge < -0.3 is 16.0 Å². The van der Waals surface area contributed by atoms with Crippen molar-refractivity contribution in [1.29, 1.82) is 0 Å². The van der Waals surface area contributed by atoms with Crippen molar-refractivity contribution in [3.05, 3.63) is 35.6 Å². The number of nitrogens with two attached hydrogens (primary N) is 1. The third kappa shape index (κ3) is 3.26. The average Bonchev–Trinajstić information content (AvgIpc) is 3.09. The zero-order valence-electron chi connectivity index (χ0n) is 13.8. The minimum atomic E-state index is -0.247. The summed E-state index contributed by atoms with van der Waals surface area (Å²) in [7, 11) is 3.92. The topological polar surface area (TPSA) is 58.4 Å². The van der Waals surface area contributed by atoms with Gasteiger partial charge in [0.25, 0.3) is 0 Å². The van der Waals surface area contributed by atoms with Crippen LogP contribution < -0.4 is 11.1 Å². The monoisotopic (exact) mass is 319 g/mol. The van der Waals surface area contributed by atoms with Crippen LogP contribution in [0.5, 0.6) is 0 Å². The highest BCUT2D eigenvalue weighted by molar-refractivity contribution is 5.80. The van der Waals surface area contributed by atoms with Gasteiger partial charge in [-0.05, 0) is 62.9 Å². The molecule has 5 atom stereocenters. The second kappa shape index (κ2) is 6.57. The minimum absolute atomic E-state index is 0.0115. The summed E-state index contributed by atoms with van der Waals surface area (Å²) in [5.74, 6) is 0.780. The summed E-state index contributed by atoms with van der Waals surface area (Å²) in [6, 6.07) is 6.50. The fraction of sp³-hybridized carbons (Fsp3) is 0.611. The largest absolute Gasteiger partial charge is 0.354 e. The maximum absolute atomic E-state index is 13.1. The van der Waals surface area contributed by atoms with Gasteiger partial charge in [-0.3, -0.25) is 4.79 Å². The molecule has 0 aromatic heterocycles. The molecule has 0 radical (unpaired) electrons. The average molecular weight is 319 g/mol. The number of amides is 1. The molecule has 1 aromatic carbocycles. The Bertz CT molecular complexity index is 558. The summed E-state index contributed by atoms with van der Waals surface area (Å²) < 4.78 is 13.1. The molecule has 1 aromatic rings. The predicted molar refractivity (Wildman–Crippen MR) is 88.1 cm³/mol. The molecular weight excluding hydrogens is 293 g/mol. The Balaban J connectivity index is 1.63. The lowest BCUT2D eigenvalue weighted by molar-refractivity contribution is -0.127. The smallest absolute Gasteiger partial charge is 0.225 e. The normalized spacial score (nSPS) is 30.7. The van der Waals surface area contributed by atoms with Gasteiger partial charge >= 0.3 is 0 Å². The number of hydrogen-bond acceptors (Lipinski definition) is 3. The highest BCUT2D eigenvalue weighted by Gasteiger charge is 2.49. The Kier molecular flexibility index (Phi) is 4.69. The number of carbonyl (C=O) groups excluding carboxylic acids is 1. The van der Waals surface area contributed by atoms with Crippen LogP contribution in [0, 0.1) is 23.6 Å². The number of halogens is 1. The number of fused-ring (bicyclic) bond motifs is 2. The first-order valence-corrected chi connectivity index (χ1v) is 8.42. The molecule has 2 bridgehead atoms. The predicted octanol–water partition coefficient (Wildman–Crippen LogP) is 1.92. The molecule has 126 valence electrons. The van der Waals surface area contributed by atoms with Gasteiger partial charge in [-0.25, -0.2) is 4.39 Å². The number of rotatable bonds is 5. The Morgan fingerprint density at radius 3 is 2.52 bits per heavy atom. The third-order valence-electron chi connectivity index (χ3n) is 5.63. The van der Waals surface area contributed by atoms with E-state index in [2.05, 4.69) is 5.32 Å². The summed E-state index contributed by atoms with van der Waals surface area (Å²) in [5, 5.41) is 3.08. The zero-order chi connectivity index (χ0) is 16.6. The van der Waals surface area contributed by atoms with Crippen LogP contribution in [0.3, 0.4) is 0 Å². The van der Waals surface area contributed by atoms with E-state index in [9.17, 15) is 9.18 Å². The van der Waals surface area contributed by atoms with E-state index in [-0.39, 0.29) is 29.7 Å². The molecular formula is C18H26FN3O. The van der Waals surface area contributed by atoms with E-state index in [1.807, 2.05) is 19.0 Å². The van der Waals surface area contributed by atoms with Crippen molar-refractivity contribution in [3.63, 3.8) is 0 Å². The van der Waals surface area contributed by atoms with E-state index in [4.69, 9.17) is 5.73 Å². The molecule has 0 saturated heterocycles. The van der Waals surface area contributed by atoms with Crippen LogP contribution in [-0.2, 0) is 4.79 Å². The van der Waals surface area contributed by atoms with Gasteiger partial charge in [0.05, 0.1) is 12.0 Å². The molecule has 2 aliphatic rings. The van der Waals surface area contributed by atoms with Gasteiger partial charge in [0.15, 0.2) is 0 Å². The lowest BCUT2D eigenvalue weighted by Gasteiger charge is -2.29. The van der Waals surface area contributed by atoms with Crippen LogP contribution in [0.25, 0.3) is 0 Å². The number of carbonyl (C=O) groups is 1. The molecule has 2 fully saturated rings. The number of hydrogen-bond donors (Lipinski definition) is 2. The molecule has 4 nitrogen and oxygen atoms in total. The van der Waals surface area contributed by atoms with Crippen molar-refractivity contribution in [3.8, 4) is 0 Å². The molecule has 5 unspecified atom stereocenters. The van der Waals surface area contributed by atoms with E-state index in [1.54, 1.807) is 12.1 Å². The van der Waals surface area contributed by atoms with Crippen LogP contribution in [0.15, 0.2) is 24.3 Å². The molecule has 3 rings (SSSR count). The quantitative estimate of drug-likeness (QED) is 0.872. The van der Waals surface area contributed by atoms with Crippen LogP contribution in [0.4, 0.5) is 4.39 Å². The first-order valence-electron chi connectivity index (χ1n) is 8.42. The van der Waals surface area contributed by atoms with Gasteiger partial charge in [0.1, 0.15) is 5.82 Å². The van der Waals surface area contributed by atoms with Crippen LogP contribution >= 0.6 is 0 Å². The van der Waals surface area contributed by atoms with E-state index in [0.717, 1.165) is 18.4 Å². The van der Waals surface area contributed by atoms with E-state index in [1.165, 1.54) is 18.6 Å². The van der Waals surface area contributed by atoms with Crippen molar-refractivity contribution < 1.29 is 9.18 Å². The molecule has 23 heavy (non-hydrogen) atoms. The van der Waals surface area contributed by atoms with Crippen molar-refractivity contribution in [2.45, 2.75) is 31.3 Å². The summed E-state index contributed by atoms with van der Waals surface area (Å²) in [5.41, 5.74) is 7.24. The molecule has 2 aliphatic carbocycles. The first kappa shape index (κ1) is 16.4. The number of nitrogens with zero attached hydrogens (tertiary/aromatic N) is 1. The first-order chi connectivity index (χ1) is 11.0. The third-order valence-corrected chi connectivity index (χ3v) is 5.63. The molecule has 2 saturated carbocycles. The van der Waals surface area contributed by atoms with Gasteiger partial charge in [-0.1, -0.05) is 12.1 Å². The van der Waals surface area contributed by atoms with Crippen molar-refractivity contribution >= 4 is 5.91 Å². The second-order valence-electron chi connectivity index (χ2n) is 7.21. The van der Waals surface area contributed by atoms with Crippen molar-refractivity contribution in [2.24, 2.45) is 23.5 Å². The fourth-order valence-corrected chi connectivity index (χ4v) is 4.32. The Labute approximate surface area is 137 Å². The number of benzene rings is 1. The molecule has 0 aliphatic heterocycles. The lowest BCUT2D eigenvalue weighted by Crippen LogP contribution is -2.46. The number of likely N-dealkylation sites (N-methyl/N-ethyl adjacent to an activating group) is 1. The standard InChI is InChI=1S/C18H26FN3O/c1-22(2)15(11-5-7-14(19)8-6-11)10-21-18(23)16-12-3-4-13(9-12)17(16)20/h5-8,12-13,15-17H,3-4,9-10,20H2,1-2H3,(H,21,23). The molecule has 1 amide bonds. The summed E-state index contributed by atoms with van der Waals surface area (Å²) in [6.07, 6.45) is 3.41. The van der Waals surface area contributed by atoms with E-state index >= 15 is 0 Å². The highest BCUT2D eigenvalue weighted by Crippen LogP contribution is 2.47. The zero-order valence-corrected chi connectivity index (χ0v) is 13.8. The molecule has 0 heterocycles. The highest BCUT2D eigenvalue weighted by atomic mass is 19.1. The number of nitrogens with one attached hydrogen (secondary N) is 1. The summed E-state index contributed by atoms with van der Waals surface area (Å²) in [4.78, 5) is 14.6. The summed E-state index contributed by atoms with van der Waals surface area (Å²) in [6.45, 7) is 0.512. The Morgan fingerprint density at radius 2 is 1.96 bits per heavy atom. The van der Waals surface area contributed by atoms with Gasteiger partial charge in [0.2, 0.25) is 5.91 Å².